The van der Waals surface area contributed by atoms with Crippen LogP contribution in [0.15, 0.2) is 29.2 Å². The van der Waals surface area contributed by atoms with Gasteiger partial charge in [0.25, 0.3) is 0 Å². The van der Waals surface area contributed by atoms with Crippen LogP contribution in [0.2, 0.25) is 0 Å². The van der Waals surface area contributed by atoms with Gasteiger partial charge in [-0.3, -0.25) is 0 Å². The Labute approximate surface area is 85.9 Å². The highest BCUT2D eigenvalue weighted by atomic mass is 32.2. The lowest BCUT2D eigenvalue weighted by Crippen LogP contribution is -1.98. The molecule has 0 N–H and O–H groups in total. The van der Waals surface area contributed by atoms with Crippen molar-refractivity contribution in [2.24, 2.45) is 0 Å². The first-order valence-corrected chi connectivity index (χ1v) is 6.64. The Hall–Kier alpha value is -0.830. The van der Waals surface area contributed by atoms with Crippen molar-refractivity contribution in [2.75, 3.05) is 6.26 Å². The first-order valence-electron chi connectivity index (χ1n) is 4.75. The molecule has 0 saturated carbocycles. The molecule has 1 aromatic rings. The van der Waals surface area contributed by atoms with Crippen LogP contribution in [0.25, 0.3) is 0 Å². The summed E-state index contributed by atoms with van der Waals surface area (Å²) < 4.78 is 22.4. The van der Waals surface area contributed by atoms with Crippen LogP contribution >= 0.6 is 0 Å². The zero-order valence-corrected chi connectivity index (χ0v) is 9.64. The van der Waals surface area contributed by atoms with Gasteiger partial charge in [-0.25, -0.2) is 8.42 Å². The zero-order valence-electron chi connectivity index (χ0n) is 8.82. The van der Waals surface area contributed by atoms with Crippen molar-refractivity contribution in [2.45, 2.75) is 31.1 Å². The third kappa shape index (κ3) is 2.58. The van der Waals surface area contributed by atoms with E-state index >= 15 is 0 Å². The quantitative estimate of drug-likeness (QED) is 0.771. The van der Waals surface area contributed by atoms with Crippen molar-refractivity contribution in [1.82, 2.24) is 0 Å². The lowest BCUT2D eigenvalue weighted by atomic mass is 9.99. The van der Waals surface area contributed by atoms with Crippen LogP contribution in [0.5, 0.6) is 0 Å². The molecule has 1 unspecified atom stereocenters. The molecule has 1 atom stereocenters. The number of hydrogen-bond acceptors (Lipinski definition) is 2. The lowest BCUT2D eigenvalue weighted by Gasteiger charge is -2.08. The number of sulfone groups is 1. The minimum absolute atomic E-state index is 0.393. The van der Waals surface area contributed by atoms with Crippen molar-refractivity contribution in [3.05, 3.63) is 29.8 Å². The molecule has 1 aromatic carbocycles. The van der Waals surface area contributed by atoms with Gasteiger partial charge in [-0.2, -0.15) is 0 Å². The van der Waals surface area contributed by atoms with Gasteiger partial charge in [-0.15, -0.1) is 0 Å². The molecule has 0 aliphatic heterocycles. The molecule has 0 bridgehead atoms. The fourth-order valence-electron chi connectivity index (χ4n) is 1.28. The summed E-state index contributed by atoms with van der Waals surface area (Å²) in [5, 5.41) is 0. The average Bonchev–Trinajstić information content (AvgIpc) is 2.15. The molecule has 0 aromatic heterocycles. The van der Waals surface area contributed by atoms with Gasteiger partial charge in [0.1, 0.15) is 0 Å². The average molecular weight is 212 g/mol. The monoisotopic (exact) mass is 212 g/mol. The Morgan fingerprint density at radius 3 is 2.07 bits per heavy atom. The molecule has 0 fully saturated rings. The van der Waals surface area contributed by atoms with E-state index in [-0.39, 0.29) is 0 Å². The van der Waals surface area contributed by atoms with Crippen LogP contribution in [-0.4, -0.2) is 14.7 Å². The fraction of sp³-hybridized carbons (Fsp3) is 0.455. The Morgan fingerprint density at radius 1 is 1.21 bits per heavy atom. The third-order valence-corrected chi connectivity index (χ3v) is 3.62. The summed E-state index contributed by atoms with van der Waals surface area (Å²) in [7, 11) is -3.05. The van der Waals surface area contributed by atoms with Gasteiger partial charge >= 0.3 is 0 Å². The maximum Gasteiger partial charge on any atom is 0.175 e. The Kier molecular flexibility index (Phi) is 3.32. The topological polar surface area (TPSA) is 34.1 Å². The minimum Gasteiger partial charge on any atom is -0.224 e. The van der Waals surface area contributed by atoms with Gasteiger partial charge in [0.2, 0.25) is 0 Å². The van der Waals surface area contributed by atoms with Gasteiger partial charge < -0.3 is 0 Å². The summed E-state index contributed by atoms with van der Waals surface area (Å²) in [5.74, 6) is 0.489. The first-order chi connectivity index (χ1) is 6.45. The van der Waals surface area contributed by atoms with Gasteiger partial charge in [0, 0.05) is 6.26 Å². The molecule has 0 saturated heterocycles. The molecule has 2 nitrogen and oxygen atoms in total. The molecule has 0 amide bonds. The Morgan fingerprint density at radius 2 is 1.71 bits per heavy atom. The second-order valence-electron chi connectivity index (χ2n) is 3.65. The van der Waals surface area contributed by atoms with E-state index in [0.717, 1.165) is 6.42 Å². The Balaban J connectivity index is 3.01. The molecule has 1 rings (SSSR count). The van der Waals surface area contributed by atoms with Crippen LogP contribution in [0, 0.1) is 0 Å². The van der Waals surface area contributed by atoms with Crippen LogP contribution in [0.1, 0.15) is 31.7 Å². The van der Waals surface area contributed by atoms with Gasteiger partial charge in [0.15, 0.2) is 9.84 Å². The van der Waals surface area contributed by atoms with Crippen LogP contribution in [0.4, 0.5) is 0 Å². The molecule has 0 aliphatic carbocycles. The predicted octanol–water partition coefficient (Wildman–Crippen LogP) is 2.60. The van der Waals surface area contributed by atoms with Crippen molar-refractivity contribution >= 4 is 9.84 Å². The summed E-state index contributed by atoms with van der Waals surface area (Å²) in [6, 6.07) is 7.14. The van der Waals surface area contributed by atoms with Gasteiger partial charge in [-0.05, 0) is 30.0 Å². The van der Waals surface area contributed by atoms with Crippen molar-refractivity contribution < 1.29 is 8.42 Å². The van der Waals surface area contributed by atoms with Gasteiger partial charge in [0.05, 0.1) is 4.90 Å². The van der Waals surface area contributed by atoms with Gasteiger partial charge in [-0.1, -0.05) is 26.0 Å². The molecule has 14 heavy (non-hydrogen) atoms. The Bertz CT molecular complexity index is 390. The number of benzene rings is 1. The highest BCUT2D eigenvalue weighted by molar-refractivity contribution is 7.90. The number of hydrogen-bond donors (Lipinski definition) is 0. The molecular weight excluding hydrogens is 196 g/mol. The molecule has 0 aliphatic rings. The molecule has 78 valence electrons. The predicted molar refractivity (Wildman–Crippen MR) is 58.3 cm³/mol. The van der Waals surface area contributed by atoms with E-state index in [1.165, 1.54) is 11.8 Å². The summed E-state index contributed by atoms with van der Waals surface area (Å²) in [4.78, 5) is 0.393. The van der Waals surface area contributed by atoms with Crippen LogP contribution in [0.3, 0.4) is 0 Å². The first kappa shape index (κ1) is 11.2. The molecule has 3 heteroatoms. The SMILES string of the molecule is CCC(C)c1ccc(S(C)(=O)=O)cc1. The minimum atomic E-state index is -3.05. The van der Waals surface area contributed by atoms with Crippen molar-refractivity contribution in [3.8, 4) is 0 Å². The van der Waals surface area contributed by atoms with E-state index in [4.69, 9.17) is 0 Å². The summed E-state index contributed by atoms with van der Waals surface area (Å²) in [5.41, 5.74) is 1.19. The van der Waals surface area contributed by atoms with E-state index < -0.39 is 9.84 Å². The highest BCUT2D eigenvalue weighted by Crippen LogP contribution is 2.20. The van der Waals surface area contributed by atoms with E-state index in [1.807, 2.05) is 12.1 Å². The van der Waals surface area contributed by atoms with E-state index in [0.29, 0.717) is 10.8 Å². The second-order valence-corrected chi connectivity index (χ2v) is 5.67. The van der Waals surface area contributed by atoms with Crippen LogP contribution in [-0.2, 0) is 9.84 Å². The fourth-order valence-corrected chi connectivity index (χ4v) is 1.91. The highest BCUT2D eigenvalue weighted by Gasteiger charge is 2.07. The summed E-state index contributed by atoms with van der Waals surface area (Å²) in [6.45, 7) is 4.25. The van der Waals surface area contributed by atoms with Crippen molar-refractivity contribution in [3.63, 3.8) is 0 Å². The van der Waals surface area contributed by atoms with Crippen LogP contribution < -0.4 is 0 Å². The molecule has 0 spiro atoms. The van der Waals surface area contributed by atoms with Crippen molar-refractivity contribution in [1.29, 1.82) is 0 Å². The summed E-state index contributed by atoms with van der Waals surface area (Å²) >= 11 is 0. The zero-order chi connectivity index (χ0) is 10.8. The normalized spacial score (nSPS) is 13.9. The molecular formula is C11H16O2S. The largest absolute Gasteiger partial charge is 0.224 e. The standard InChI is InChI=1S/C11H16O2S/c1-4-9(2)10-5-7-11(8-6-10)14(3,12)13/h5-9H,4H2,1-3H3. The smallest absolute Gasteiger partial charge is 0.175 e. The summed E-state index contributed by atoms with van der Waals surface area (Å²) in [6.07, 6.45) is 2.30. The van der Waals surface area contributed by atoms with E-state index in [1.54, 1.807) is 12.1 Å². The second kappa shape index (κ2) is 4.13. The maximum atomic E-state index is 11.2. The lowest BCUT2D eigenvalue weighted by molar-refractivity contribution is 0.601. The third-order valence-electron chi connectivity index (χ3n) is 2.49. The molecule has 0 heterocycles. The maximum absolute atomic E-state index is 11.2. The number of rotatable bonds is 3. The van der Waals surface area contributed by atoms with E-state index in [9.17, 15) is 8.42 Å². The molecule has 0 radical (unpaired) electrons. The van der Waals surface area contributed by atoms with E-state index in [2.05, 4.69) is 13.8 Å².